The summed E-state index contributed by atoms with van der Waals surface area (Å²) in [4.78, 5) is 0. The van der Waals surface area contributed by atoms with Crippen LogP contribution in [0.4, 0.5) is 0 Å². The van der Waals surface area contributed by atoms with Crippen LogP contribution in [0.2, 0.25) is 5.02 Å². The standard InChI is InChI=1S/C16H20ClN5S/c1-4-9(2)14(18)15-19-20-16-22(15)21-13(8-23-16)11-5-6-12(17)10(3)7-11/h5-9,14,21H,4,18H2,1-3H3/t9-,14-/m0/s1. The maximum Gasteiger partial charge on any atom is 0.214 e. The third-order valence-electron chi connectivity index (χ3n) is 4.20. The van der Waals surface area contributed by atoms with Gasteiger partial charge < -0.3 is 5.73 Å². The van der Waals surface area contributed by atoms with E-state index >= 15 is 0 Å². The molecule has 1 aliphatic heterocycles. The van der Waals surface area contributed by atoms with E-state index in [1.165, 1.54) is 11.8 Å². The first-order chi connectivity index (χ1) is 11.0. The minimum atomic E-state index is -0.152. The van der Waals surface area contributed by atoms with E-state index in [1.807, 2.05) is 29.1 Å². The molecular formula is C16H20ClN5S. The molecule has 0 fully saturated rings. The lowest BCUT2D eigenvalue weighted by molar-refractivity contribution is 0.429. The summed E-state index contributed by atoms with van der Waals surface area (Å²) in [6.07, 6.45) is 0.996. The molecule has 122 valence electrons. The highest BCUT2D eigenvalue weighted by atomic mass is 35.5. The molecule has 2 aromatic rings. The van der Waals surface area contributed by atoms with E-state index in [4.69, 9.17) is 17.3 Å². The van der Waals surface area contributed by atoms with Crippen LogP contribution in [0.3, 0.4) is 0 Å². The van der Waals surface area contributed by atoms with E-state index in [0.29, 0.717) is 5.92 Å². The van der Waals surface area contributed by atoms with Crippen molar-refractivity contribution in [2.45, 2.75) is 38.4 Å². The molecular weight excluding hydrogens is 330 g/mol. The number of aryl methyl sites for hydroxylation is 1. The smallest absolute Gasteiger partial charge is 0.214 e. The van der Waals surface area contributed by atoms with Crippen LogP contribution in [0.5, 0.6) is 0 Å². The molecule has 3 rings (SSSR count). The Bertz CT molecular complexity index is 755. The lowest BCUT2D eigenvalue weighted by Gasteiger charge is -2.23. The summed E-state index contributed by atoms with van der Waals surface area (Å²) in [7, 11) is 0. The van der Waals surface area contributed by atoms with Gasteiger partial charge in [0, 0.05) is 16.0 Å². The Morgan fingerprint density at radius 2 is 2.17 bits per heavy atom. The molecule has 0 bridgehead atoms. The lowest BCUT2D eigenvalue weighted by atomic mass is 10.00. The zero-order valence-corrected chi connectivity index (χ0v) is 14.9. The van der Waals surface area contributed by atoms with Crippen LogP contribution >= 0.6 is 23.4 Å². The number of hydrogen-bond acceptors (Lipinski definition) is 5. The molecule has 0 saturated heterocycles. The van der Waals surface area contributed by atoms with E-state index < -0.39 is 0 Å². The number of benzene rings is 1. The average Bonchev–Trinajstić information content (AvgIpc) is 2.99. The number of halogens is 1. The largest absolute Gasteiger partial charge is 0.321 e. The monoisotopic (exact) mass is 349 g/mol. The van der Waals surface area contributed by atoms with Crippen molar-refractivity contribution >= 4 is 29.1 Å². The Morgan fingerprint density at radius 1 is 1.39 bits per heavy atom. The topological polar surface area (TPSA) is 68.8 Å². The lowest BCUT2D eigenvalue weighted by Crippen LogP contribution is -2.27. The van der Waals surface area contributed by atoms with Crippen LogP contribution in [-0.4, -0.2) is 14.9 Å². The fourth-order valence-corrected chi connectivity index (χ4v) is 3.25. The number of hydrogen-bond donors (Lipinski definition) is 2. The van der Waals surface area contributed by atoms with E-state index in [0.717, 1.165) is 39.2 Å². The Morgan fingerprint density at radius 3 is 2.87 bits per heavy atom. The van der Waals surface area contributed by atoms with Crippen molar-refractivity contribution in [1.29, 1.82) is 0 Å². The Kier molecular flexibility index (Phi) is 4.66. The molecule has 2 atom stereocenters. The van der Waals surface area contributed by atoms with E-state index in [2.05, 4.69) is 35.5 Å². The van der Waals surface area contributed by atoms with Crippen molar-refractivity contribution in [3.63, 3.8) is 0 Å². The average molecular weight is 350 g/mol. The maximum absolute atomic E-state index is 6.34. The van der Waals surface area contributed by atoms with Crippen molar-refractivity contribution in [2.24, 2.45) is 11.7 Å². The van der Waals surface area contributed by atoms with Crippen molar-refractivity contribution < 1.29 is 0 Å². The van der Waals surface area contributed by atoms with E-state index in [9.17, 15) is 0 Å². The second-order valence-corrected chi connectivity index (χ2v) is 7.06. The number of fused-ring (bicyclic) bond motifs is 1. The number of aromatic nitrogens is 3. The molecule has 0 radical (unpaired) electrons. The zero-order chi connectivity index (χ0) is 16.6. The first-order valence-electron chi connectivity index (χ1n) is 7.62. The van der Waals surface area contributed by atoms with Gasteiger partial charge in [-0.15, -0.1) is 10.2 Å². The molecule has 1 aromatic heterocycles. The Balaban J connectivity index is 1.90. The summed E-state index contributed by atoms with van der Waals surface area (Å²) in [5, 5.41) is 12.1. The minimum Gasteiger partial charge on any atom is -0.321 e. The van der Waals surface area contributed by atoms with Gasteiger partial charge in [-0.25, -0.2) is 4.68 Å². The van der Waals surface area contributed by atoms with Gasteiger partial charge in [-0.05, 0) is 30.5 Å². The van der Waals surface area contributed by atoms with E-state index in [1.54, 1.807) is 0 Å². The molecule has 0 spiro atoms. The Hall–Kier alpha value is -1.50. The predicted molar refractivity (Wildman–Crippen MR) is 95.8 cm³/mol. The molecule has 1 aliphatic rings. The first kappa shape index (κ1) is 16.4. The zero-order valence-electron chi connectivity index (χ0n) is 13.4. The van der Waals surface area contributed by atoms with Gasteiger partial charge in [-0.3, -0.25) is 5.43 Å². The molecule has 7 heteroatoms. The fourth-order valence-electron chi connectivity index (χ4n) is 2.39. The molecule has 5 nitrogen and oxygen atoms in total. The third kappa shape index (κ3) is 3.11. The van der Waals surface area contributed by atoms with Gasteiger partial charge in [-0.1, -0.05) is 49.7 Å². The summed E-state index contributed by atoms with van der Waals surface area (Å²) in [6.45, 7) is 6.25. The fraction of sp³-hybridized carbons (Fsp3) is 0.375. The molecule has 0 aliphatic carbocycles. The molecule has 0 amide bonds. The van der Waals surface area contributed by atoms with Gasteiger partial charge in [0.1, 0.15) is 0 Å². The van der Waals surface area contributed by atoms with Crippen LogP contribution < -0.4 is 11.2 Å². The number of nitrogens with one attached hydrogen (secondary N) is 1. The van der Waals surface area contributed by atoms with Crippen LogP contribution in [0, 0.1) is 12.8 Å². The highest BCUT2D eigenvalue weighted by Crippen LogP contribution is 2.32. The third-order valence-corrected chi connectivity index (χ3v) is 5.45. The Labute approximate surface area is 145 Å². The first-order valence-corrected chi connectivity index (χ1v) is 8.88. The van der Waals surface area contributed by atoms with Crippen molar-refractivity contribution in [1.82, 2.24) is 14.9 Å². The summed E-state index contributed by atoms with van der Waals surface area (Å²) in [6, 6.07) is 5.82. The van der Waals surface area contributed by atoms with Crippen LogP contribution in [0.15, 0.2) is 28.8 Å². The molecule has 1 aromatic carbocycles. The van der Waals surface area contributed by atoms with Gasteiger partial charge in [-0.2, -0.15) is 0 Å². The number of nitrogens with two attached hydrogens (primary N) is 1. The quantitative estimate of drug-likeness (QED) is 0.875. The molecule has 23 heavy (non-hydrogen) atoms. The van der Waals surface area contributed by atoms with Gasteiger partial charge in [0.25, 0.3) is 0 Å². The molecule has 3 N–H and O–H groups in total. The number of thioether (sulfide) groups is 1. The van der Waals surface area contributed by atoms with Crippen molar-refractivity contribution in [3.8, 4) is 0 Å². The predicted octanol–water partition coefficient (Wildman–Crippen LogP) is 3.93. The summed E-state index contributed by atoms with van der Waals surface area (Å²) >= 11 is 7.65. The van der Waals surface area contributed by atoms with Gasteiger partial charge in [0.2, 0.25) is 5.16 Å². The highest BCUT2D eigenvalue weighted by Gasteiger charge is 2.25. The van der Waals surface area contributed by atoms with Crippen molar-refractivity contribution in [2.75, 3.05) is 5.43 Å². The van der Waals surface area contributed by atoms with Gasteiger partial charge in [0.05, 0.1) is 11.7 Å². The summed E-state index contributed by atoms with van der Waals surface area (Å²) in [5.41, 5.74) is 12.8. The van der Waals surface area contributed by atoms with Crippen LogP contribution in [0.25, 0.3) is 5.70 Å². The number of rotatable bonds is 4. The highest BCUT2D eigenvalue weighted by molar-refractivity contribution is 8.02. The minimum absolute atomic E-state index is 0.152. The van der Waals surface area contributed by atoms with Crippen LogP contribution in [0.1, 0.15) is 43.3 Å². The number of nitrogens with zero attached hydrogens (tertiary/aromatic N) is 3. The summed E-state index contributed by atoms with van der Waals surface area (Å²) in [5.74, 6) is 1.10. The van der Waals surface area contributed by atoms with Gasteiger partial charge in [0.15, 0.2) is 5.82 Å². The molecule has 0 unspecified atom stereocenters. The van der Waals surface area contributed by atoms with E-state index in [-0.39, 0.29) is 6.04 Å². The second-order valence-electron chi connectivity index (χ2n) is 5.81. The van der Waals surface area contributed by atoms with Gasteiger partial charge >= 0.3 is 0 Å². The van der Waals surface area contributed by atoms with Crippen molar-refractivity contribution in [3.05, 3.63) is 45.6 Å². The maximum atomic E-state index is 6.34. The van der Waals surface area contributed by atoms with Crippen LogP contribution in [-0.2, 0) is 0 Å². The molecule has 0 saturated carbocycles. The normalized spacial score (nSPS) is 16.3. The molecule has 2 heterocycles. The summed E-state index contributed by atoms with van der Waals surface area (Å²) < 4.78 is 1.89. The SMILES string of the molecule is CC[C@H](C)[C@H](N)c1nnc2n1NC(c1ccc(Cl)c(C)c1)=CS2. The second kappa shape index (κ2) is 6.55.